The summed E-state index contributed by atoms with van der Waals surface area (Å²) in [6.45, 7) is 4.02. The molecule has 2 unspecified atom stereocenters. The highest BCUT2D eigenvalue weighted by Gasteiger charge is 2.37. The molecule has 0 saturated heterocycles. The third-order valence-corrected chi connectivity index (χ3v) is 4.60. The van der Waals surface area contributed by atoms with Crippen LogP contribution >= 0.6 is 0 Å². The number of ether oxygens (including phenoxy) is 1. The van der Waals surface area contributed by atoms with E-state index in [1.807, 2.05) is 7.11 Å². The number of furan rings is 1. The standard InChI is InChI=1S/C15H23NO2/c1-11-8-13(11)14-5-4-12(18-14)9-16-10-15(17-2)6-3-7-15/h4-5,11,13,16H,3,6-10H2,1-2H3. The molecule has 0 aromatic carbocycles. The van der Waals surface area contributed by atoms with Crippen LogP contribution in [0.4, 0.5) is 0 Å². The van der Waals surface area contributed by atoms with E-state index in [-0.39, 0.29) is 5.60 Å². The Kier molecular flexibility index (Phi) is 3.20. The van der Waals surface area contributed by atoms with Crippen LogP contribution in [0.2, 0.25) is 0 Å². The van der Waals surface area contributed by atoms with Gasteiger partial charge in [-0.15, -0.1) is 0 Å². The fourth-order valence-corrected chi connectivity index (χ4v) is 2.85. The number of rotatable bonds is 6. The fourth-order valence-electron chi connectivity index (χ4n) is 2.85. The lowest BCUT2D eigenvalue weighted by atomic mass is 9.80. The fraction of sp³-hybridized carbons (Fsp3) is 0.733. The third-order valence-electron chi connectivity index (χ3n) is 4.60. The lowest BCUT2D eigenvalue weighted by Crippen LogP contribution is -2.47. The van der Waals surface area contributed by atoms with Crippen molar-refractivity contribution in [1.82, 2.24) is 5.32 Å². The average molecular weight is 249 g/mol. The zero-order valence-corrected chi connectivity index (χ0v) is 11.4. The quantitative estimate of drug-likeness (QED) is 0.841. The van der Waals surface area contributed by atoms with Crippen molar-refractivity contribution in [2.24, 2.45) is 5.92 Å². The Labute approximate surface area is 109 Å². The summed E-state index contributed by atoms with van der Waals surface area (Å²) in [5.74, 6) is 3.71. The molecule has 2 aliphatic rings. The van der Waals surface area contributed by atoms with Crippen molar-refractivity contribution in [1.29, 1.82) is 0 Å². The van der Waals surface area contributed by atoms with Crippen LogP contribution < -0.4 is 5.32 Å². The number of nitrogens with one attached hydrogen (secondary N) is 1. The number of hydrogen-bond donors (Lipinski definition) is 1. The molecule has 0 bridgehead atoms. The van der Waals surface area contributed by atoms with Crippen LogP contribution in [0.5, 0.6) is 0 Å². The first kappa shape index (κ1) is 12.2. The first-order chi connectivity index (χ1) is 8.72. The zero-order valence-electron chi connectivity index (χ0n) is 11.4. The van der Waals surface area contributed by atoms with Gasteiger partial charge in [-0.05, 0) is 43.7 Å². The summed E-state index contributed by atoms with van der Waals surface area (Å²) >= 11 is 0. The molecular weight excluding hydrogens is 226 g/mol. The van der Waals surface area contributed by atoms with Crippen LogP contribution in [0, 0.1) is 5.92 Å². The van der Waals surface area contributed by atoms with E-state index in [9.17, 15) is 0 Å². The highest BCUT2D eigenvalue weighted by Crippen LogP contribution is 2.47. The van der Waals surface area contributed by atoms with Crippen molar-refractivity contribution in [2.75, 3.05) is 13.7 Å². The normalized spacial score (nSPS) is 29.0. The van der Waals surface area contributed by atoms with Crippen molar-refractivity contribution in [3.05, 3.63) is 23.7 Å². The summed E-state index contributed by atoms with van der Waals surface area (Å²) in [7, 11) is 1.82. The van der Waals surface area contributed by atoms with Gasteiger partial charge >= 0.3 is 0 Å². The van der Waals surface area contributed by atoms with Crippen LogP contribution in [-0.4, -0.2) is 19.3 Å². The van der Waals surface area contributed by atoms with Gasteiger partial charge in [-0.2, -0.15) is 0 Å². The van der Waals surface area contributed by atoms with E-state index < -0.39 is 0 Å². The first-order valence-corrected chi connectivity index (χ1v) is 7.07. The second kappa shape index (κ2) is 4.71. The summed E-state index contributed by atoms with van der Waals surface area (Å²) < 4.78 is 11.5. The maximum Gasteiger partial charge on any atom is 0.117 e. The monoisotopic (exact) mass is 249 g/mol. The summed E-state index contributed by atoms with van der Waals surface area (Å²) in [4.78, 5) is 0. The van der Waals surface area contributed by atoms with Gasteiger partial charge in [-0.25, -0.2) is 0 Å². The van der Waals surface area contributed by atoms with E-state index in [1.165, 1.54) is 31.4 Å². The summed E-state index contributed by atoms with van der Waals surface area (Å²) in [5.41, 5.74) is 0.0976. The molecule has 0 aliphatic heterocycles. The molecule has 0 spiro atoms. The second-order valence-electron chi connectivity index (χ2n) is 5.97. The molecule has 18 heavy (non-hydrogen) atoms. The summed E-state index contributed by atoms with van der Waals surface area (Å²) in [6, 6.07) is 4.24. The Balaban J connectivity index is 1.47. The Bertz CT molecular complexity index is 403. The summed E-state index contributed by atoms with van der Waals surface area (Å²) in [6.07, 6.45) is 4.94. The average Bonchev–Trinajstić information content (AvgIpc) is 2.88. The minimum absolute atomic E-state index is 0.0976. The molecule has 3 heteroatoms. The predicted molar refractivity (Wildman–Crippen MR) is 70.5 cm³/mol. The molecule has 2 aliphatic carbocycles. The predicted octanol–water partition coefficient (Wildman–Crippen LogP) is 3.06. The van der Waals surface area contributed by atoms with Gasteiger partial charge < -0.3 is 14.5 Å². The van der Waals surface area contributed by atoms with Gasteiger partial charge in [0.25, 0.3) is 0 Å². The Morgan fingerprint density at radius 1 is 1.44 bits per heavy atom. The van der Waals surface area contributed by atoms with Gasteiger partial charge in [-0.3, -0.25) is 0 Å². The lowest BCUT2D eigenvalue weighted by Gasteiger charge is -2.40. The van der Waals surface area contributed by atoms with Crippen molar-refractivity contribution in [3.63, 3.8) is 0 Å². The van der Waals surface area contributed by atoms with Crippen molar-refractivity contribution in [3.8, 4) is 0 Å². The SMILES string of the molecule is COC1(CNCc2ccc(C3CC3C)o2)CCC1. The zero-order chi connectivity index (χ0) is 12.6. The van der Waals surface area contributed by atoms with Gasteiger partial charge in [0.05, 0.1) is 12.1 Å². The molecule has 2 saturated carbocycles. The van der Waals surface area contributed by atoms with Crippen molar-refractivity contribution < 1.29 is 9.15 Å². The molecule has 1 N–H and O–H groups in total. The Morgan fingerprint density at radius 3 is 2.78 bits per heavy atom. The van der Waals surface area contributed by atoms with Crippen molar-refractivity contribution in [2.45, 2.75) is 50.7 Å². The first-order valence-electron chi connectivity index (χ1n) is 7.07. The topological polar surface area (TPSA) is 34.4 Å². The largest absolute Gasteiger partial charge is 0.464 e. The highest BCUT2D eigenvalue weighted by molar-refractivity contribution is 5.17. The minimum Gasteiger partial charge on any atom is -0.464 e. The molecule has 0 radical (unpaired) electrons. The van der Waals surface area contributed by atoms with Crippen LogP contribution in [0.3, 0.4) is 0 Å². The molecule has 3 nitrogen and oxygen atoms in total. The maximum absolute atomic E-state index is 5.87. The maximum atomic E-state index is 5.87. The van der Waals surface area contributed by atoms with E-state index in [0.29, 0.717) is 5.92 Å². The smallest absolute Gasteiger partial charge is 0.117 e. The van der Waals surface area contributed by atoms with Crippen LogP contribution in [0.25, 0.3) is 0 Å². The van der Waals surface area contributed by atoms with E-state index in [4.69, 9.17) is 9.15 Å². The molecule has 3 rings (SSSR count). The van der Waals surface area contributed by atoms with E-state index in [0.717, 1.165) is 24.8 Å². The molecule has 1 heterocycles. The lowest BCUT2D eigenvalue weighted by molar-refractivity contribution is -0.0697. The molecular formula is C15H23NO2. The molecule has 100 valence electrons. The molecule has 2 atom stereocenters. The second-order valence-corrected chi connectivity index (χ2v) is 5.97. The van der Waals surface area contributed by atoms with Gasteiger partial charge in [-0.1, -0.05) is 6.92 Å². The summed E-state index contributed by atoms with van der Waals surface area (Å²) in [5, 5.41) is 3.46. The molecule has 0 amide bonds. The van der Waals surface area contributed by atoms with E-state index >= 15 is 0 Å². The van der Waals surface area contributed by atoms with Gasteiger partial charge in [0.1, 0.15) is 11.5 Å². The number of hydrogen-bond acceptors (Lipinski definition) is 3. The number of methoxy groups -OCH3 is 1. The van der Waals surface area contributed by atoms with Gasteiger partial charge in [0.15, 0.2) is 0 Å². The highest BCUT2D eigenvalue weighted by atomic mass is 16.5. The van der Waals surface area contributed by atoms with Crippen molar-refractivity contribution >= 4 is 0 Å². The molecule has 1 aromatic heterocycles. The van der Waals surface area contributed by atoms with E-state index in [1.54, 1.807) is 0 Å². The molecule has 1 aromatic rings. The van der Waals surface area contributed by atoms with E-state index in [2.05, 4.69) is 24.4 Å². The van der Waals surface area contributed by atoms with Crippen LogP contribution in [0.15, 0.2) is 16.5 Å². The third kappa shape index (κ3) is 2.34. The van der Waals surface area contributed by atoms with Gasteiger partial charge in [0.2, 0.25) is 0 Å². The van der Waals surface area contributed by atoms with Crippen LogP contribution in [0.1, 0.15) is 50.0 Å². The Morgan fingerprint density at radius 2 is 2.22 bits per heavy atom. The Hall–Kier alpha value is -0.800. The minimum atomic E-state index is 0.0976. The molecule has 2 fully saturated rings. The van der Waals surface area contributed by atoms with Crippen LogP contribution in [-0.2, 0) is 11.3 Å². The van der Waals surface area contributed by atoms with Gasteiger partial charge in [0, 0.05) is 19.6 Å².